The summed E-state index contributed by atoms with van der Waals surface area (Å²) in [6, 6.07) is 0. The second-order valence-electron chi connectivity index (χ2n) is 3.30. The molecule has 0 amide bonds. The summed E-state index contributed by atoms with van der Waals surface area (Å²) in [5.41, 5.74) is 0. The number of rotatable bonds is 1. The summed E-state index contributed by atoms with van der Waals surface area (Å²) in [4.78, 5) is 11.2. The average Bonchev–Trinajstić information content (AvgIpc) is 2.59. The fourth-order valence-electron chi connectivity index (χ4n) is 1.75. The van der Waals surface area contributed by atoms with Crippen molar-refractivity contribution in [1.29, 1.82) is 0 Å². The first-order valence-electron chi connectivity index (χ1n) is 4.42. The largest absolute Gasteiger partial charge is 0.483 e. The van der Waals surface area contributed by atoms with Gasteiger partial charge in [0.25, 0.3) is 0 Å². The summed E-state index contributed by atoms with van der Waals surface area (Å²) < 4.78 is 10.1. The molecule has 3 nitrogen and oxygen atoms in total. The first-order valence-corrected chi connectivity index (χ1v) is 4.42. The van der Waals surface area contributed by atoms with Crippen LogP contribution in [0.2, 0.25) is 0 Å². The quantitative estimate of drug-likeness (QED) is 0.572. The van der Waals surface area contributed by atoms with Crippen molar-refractivity contribution >= 4 is 5.97 Å². The van der Waals surface area contributed by atoms with Gasteiger partial charge in [0.15, 0.2) is 6.10 Å². The average molecular weight is 180 g/mol. The highest BCUT2D eigenvalue weighted by Gasteiger charge is 2.35. The SMILES string of the molecule is COC(=O)C1CC2CC=CC=C2O1. The topological polar surface area (TPSA) is 35.5 Å². The van der Waals surface area contributed by atoms with Gasteiger partial charge in [-0.2, -0.15) is 0 Å². The van der Waals surface area contributed by atoms with Crippen molar-refractivity contribution in [3.63, 3.8) is 0 Å². The van der Waals surface area contributed by atoms with E-state index in [1.807, 2.05) is 12.2 Å². The molecule has 1 saturated heterocycles. The van der Waals surface area contributed by atoms with E-state index in [4.69, 9.17) is 4.74 Å². The number of methoxy groups -OCH3 is 1. The minimum atomic E-state index is -0.388. The van der Waals surface area contributed by atoms with Gasteiger partial charge in [-0.15, -0.1) is 0 Å². The van der Waals surface area contributed by atoms with Crippen molar-refractivity contribution in [1.82, 2.24) is 0 Å². The number of allylic oxidation sites excluding steroid dienone is 4. The van der Waals surface area contributed by atoms with Gasteiger partial charge in [0.1, 0.15) is 5.76 Å². The first-order chi connectivity index (χ1) is 6.31. The van der Waals surface area contributed by atoms with Crippen LogP contribution in [0.1, 0.15) is 12.8 Å². The van der Waals surface area contributed by atoms with E-state index in [0.717, 1.165) is 18.6 Å². The van der Waals surface area contributed by atoms with Crippen molar-refractivity contribution < 1.29 is 14.3 Å². The van der Waals surface area contributed by atoms with E-state index < -0.39 is 0 Å². The van der Waals surface area contributed by atoms with Gasteiger partial charge in [-0.25, -0.2) is 4.79 Å². The maximum Gasteiger partial charge on any atom is 0.347 e. The maximum absolute atomic E-state index is 11.2. The first kappa shape index (κ1) is 8.35. The molecule has 0 N–H and O–H groups in total. The number of hydrogen-bond donors (Lipinski definition) is 0. The highest BCUT2D eigenvalue weighted by molar-refractivity contribution is 5.75. The number of carbonyl (C=O) groups excluding carboxylic acids is 1. The predicted octanol–water partition coefficient (Wildman–Crippen LogP) is 1.41. The molecule has 0 spiro atoms. The second kappa shape index (κ2) is 3.24. The molecule has 2 atom stereocenters. The van der Waals surface area contributed by atoms with Gasteiger partial charge in [-0.3, -0.25) is 0 Å². The second-order valence-corrected chi connectivity index (χ2v) is 3.30. The summed E-state index contributed by atoms with van der Waals surface area (Å²) in [6.07, 6.45) is 7.32. The Bertz CT molecular complexity index is 278. The lowest BCUT2D eigenvalue weighted by atomic mass is 9.96. The summed E-state index contributed by atoms with van der Waals surface area (Å²) in [5, 5.41) is 0. The van der Waals surface area contributed by atoms with E-state index in [1.54, 1.807) is 0 Å². The molecular weight excluding hydrogens is 168 g/mol. The molecule has 2 aliphatic rings. The molecule has 3 heteroatoms. The van der Waals surface area contributed by atoms with E-state index in [1.165, 1.54) is 7.11 Å². The summed E-state index contributed by atoms with van der Waals surface area (Å²) in [7, 11) is 1.39. The molecule has 1 aliphatic heterocycles. The number of hydrogen-bond acceptors (Lipinski definition) is 3. The number of carbonyl (C=O) groups is 1. The van der Waals surface area contributed by atoms with E-state index in [-0.39, 0.29) is 12.1 Å². The molecule has 1 heterocycles. The molecule has 2 unspecified atom stereocenters. The van der Waals surface area contributed by atoms with E-state index in [2.05, 4.69) is 10.8 Å². The Morgan fingerprint density at radius 2 is 2.54 bits per heavy atom. The lowest BCUT2D eigenvalue weighted by molar-refractivity contribution is -0.149. The van der Waals surface area contributed by atoms with Crippen molar-refractivity contribution in [2.45, 2.75) is 18.9 Å². The van der Waals surface area contributed by atoms with Crippen LogP contribution in [0.4, 0.5) is 0 Å². The third kappa shape index (κ3) is 1.46. The van der Waals surface area contributed by atoms with Crippen LogP contribution in [0.25, 0.3) is 0 Å². The summed E-state index contributed by atoms with van der Waals surface area (Å²) in [6.45, 7) is 0. The van der Waals surface area contributed by atoms with Crippen LogP contribution in [0.3, 0.4) is 0 Å². The van der Waals surface area contributed by atoms with Crippen molar-refractivity contribution in [2.75, 3.05) is 7.11 Å². The zero-order valence-corrected chi connectivity index (χ0v) is 7.53. The van der Waals surface area contributed by atoms with Crippen molar-refractivity contribution in [2.24, 2.45) is 5.92 Å². The molecule has 13 heavy (non-hydrogen) atoms. The predicted molar refractivity (Wildman–Crippen MR) is 46.8 cm³/mol. The Balaban J connectivity index is 2.06. The van der Waals surface area contributed by atoms with Gasteiger partial charge in [0.05, 0.1) is 7.11 Å². The third-order valence-electron chi connectivity index (χ3n) is 2.46. The van der Waals surface area contributed by atoms with Gasteiger partial charge < -0.3 is 9.47 Å². The van der Waals surface area contributed by atoms with Gasteiger partial charge in [-0.1, -0.05) is 12.2 Å². The number of fused-ring (bicyclic) bond motifs is 1. The van der Waals surface area contributed by atoms with E-state index >= 15 is 0 Å². The lowest BCUT2D eigenvalue weighted by Crippen LogP contribution is -2.20. The molecule has 2 rings (SSSR count). The molecule has 1 fully saturated rings. The lowest BCUT2D eigenvalue weighted by Gasteiger charge is -2.09. The number of ether oxygens (including phenoxy) is 2. The van der Waals surface area contributed by atoms with Crippen molar-refractivity contribution in [3.05, 3.63) is 24.0 Å². The minimum Gasteiger partial charge on any atom is -0.483 e. The zero-order valence-electron chi connectivity index (χ0n) is 7.53. The van der Waals surface area contributed by atoms with Crippen molar-refractivity contribution in [3.8, 4) is 0 Å². The monoisotopic (exact) mass is 180 g/mol. The Labute approximate surface area is 77.0 Å². The van der Waals surface area contributed by atoms with Gasteiger partial charge in [0, 0.05) is 12.3 Å². The fraction of sp³-hybridized carbons (Fsp3) is 0.500. The smallest absolute Gasteiger partial charge is 0.347 e. The molecular formula is C10H12O3. The van der Waals surface area contributed by atoms with Gasteiger partial charge in [-0.05, 0) is 12.5 Å². The summed E-state index contributed by atoms with van der Waals surface area (Å²) >= 11 is 0. The van der Waals surface area contributed by atoms with Crippen LogP contribution in [-0.4, -0.2) is 19.2 Å². The van der Waals surface area contributed by atoms with Crippen LogP contribution in [-0.2, 0) is 14.3 Å². The normalized spacial score (nSPS) is 30.4. The van der Waals surface area contributed by atoms with Crippen LogP contribution < -0.4 is 0 Å². The summed E-state index contributed by atoms with van der Waals surface area (Å²) in [5.74, 6) is 1.04. The maximum atomic E-state index is 11.2. The third-order valence-corrected chi connectivity index (χ3v) is 2.46. The molecule has 1 aliphatic carbocycles. The zero-order chi connectivity index (χ0) is 9.26. The standard InChI is InChI=1S/C10H12O3/c1-12-10(11)9-6-7-4-2-3-5-8(7)13-9/h2-3,5,7,9H,4,6H2,1H3. The fourth-order valence-corrected chi connectivity index (χ4v) is 1.75. The van der Waals surface area contributed by atoms with Crippen LogP contribution in [0.5, 0.6) is 0 Å². The van der Waals surface area contributed by atoms with E-state index in [0.29, 0.717) is 5.92 Å². The van der Waals surface area contributed by atoms with Crippen LogP contribution >= 0.6 is 0 Å². The molecule has 70 valence electrons. The van der Waals surface area contributed by atoms with E-state index in [9.17, 15) is 4.79 Å². The van der Waals surface area contributed by atoms with Crippen LogP contribution in [0.15, 0.2) is 24.0 Å². The molecule has 0 radical (unpaired) electrons. The Kier molecular flexibility index (Phi) is 2.08. The van der Waals surface area contributed by atoms with Gasteiger partial charge >= 0.3 is 5.97 Å². The molecule has 0 aromatic rings. The van der Waals surface area contributed by atoms with Gasteiger partial charge in [0.2, 0.25) is 0 Å². The molecule has 0 bridgehead atoms. The Hall–Kier alpha value is -1.25. The Morgan fingerprint density at radius 3 is 3.23 bits per heavy atom. The molecule has 0 aromatic heterocycles. The molecule has 0 saturated carbocycles. The molecule has 0 aromatic carbocycles. The highest BCUT2D eigenvalue weighted by atomic mass is 16.6. The highest BCUT2D eigenvalue weighted by Crippen LogP contribution is 2.35. The van der Waals surface area contributed by atoms with Crippen LogP contribution in [0, 0.1) is 5.92 Å². The number of esters is 1. The minimum absolute atomic E-state index is 0.268. The Morgan fingerprint density at radius 1 is 1.69 bits per heavy atom.